The van der Waals surface area contributed by atoms with Crippen LogP contribution in [0.3, 0.4) is 0 Å². The maximum Gasteiger partial charge on any atom is 0.289 e. The Morgan fingerprint density at radius 1 is 1.31 bits per heavy atom. The highest BCUT2D eigenvalue weighted by Crippen LogP contribution is 2.46. The summed E-state index contributed by atoms with van der Waals surface area (Å²) >= 11 is 0. The minimum Gasteiger partial charge on any atom is -0.263 e. The molecule has 0 aliphatic heterocycles. The van der Waals surface area contributed by atoms with Crippen molar-refractivity contribution in [1.82, 2.24) is 0 Å². The molecule has 3 unspecified atom stereocenters. The summed E-state index contributed by atoms with van der Waals surface area (Å²) in [7, 11) is -3.46. The third-order valence-electron chi connectivity index (χ3n) is 3.14. The molecule has 2 rings (SSSR count). The number of hydrogen-bond donors (Lipinski definition) is 0. The number of rotatable bonds is 3. The van der Waals surface area contributed by atoms with Gasteiger partial charge in [-0.2, -0.15) is 8.42 Å². The molecule has 0 heterocycles. The highest BCUT2D eigenvalue weighted by molar-refractivity contribution is 7.89. The molecule has 4 heteroatoms. The van der Waals surface area contributed by atoms with Crippen molar-refractivity contribution < 1.29 is 12.6 Å². The fourth-order valence-electron chi connectivity index (χ4n) is 2.52. The SMILES string of the molecule is C=CS(=O)(=O)OC1CC2CCC1C2. The van der Waals surface area contributed by atoms with Crippen molar-refractivity contribution in [3.8, 4) is 0 Å². The van der Waals surface area contributed by atoms with Gasteiger partial charge in [-0.1, -0.05) is 6.58 Å². The van der Waals surface area contributed by atoms with Crippen molar-refractivity contribution in [2.75, 3.05) is 0 Å². The first-order chi connectivity index (χ1) is 6.11. The van der Waals surface area contributed by atoms with Crippen molar-refractivity contribution in [3.63, 3.8) is 0 Å². The second-order valence-corrected chi connectivity index (χ2v) is 5.48. The average molecular weight is 202 g/mol. The first kappa shape index (κ1) is 9.21. The van der Waals surface area contributed by atoms with Crippen LogP contribution in [0.4, 0.5) is 0 Å². The molecule has 13 heavy (non-hydrogen) atoms. The van der Waals surface area contributed by atoms with Crippen molar-refractivity contribution in [1.29, 1.82) is 0 Å². The lowest BCUT2D eigenvalue weighted by atomic mass is 9.98. The summed E-state index contributed by atoms with van der Waals surface area (Å²) in [6.45, 7) is 3.22. The van der Waals surface area contributed by atoms with E-state index in [1.54, 1.807) is 0 Å². The van der Waals surface area contributed by atoms with Crippen LogP contribution in [0.5, 0.6) is 0 Å². The third kappa shape index (κ3) is 1.79. The van der Waals surface area contributed by atoms with E-state index in [-0.39, 0.29) is 6.10 Å². The van der Waals surface area contributed by atoms with Crippen molar-refractivity contribution >= 4 is 10.1 Å². The fraction of sp³-hybridized carbons (Fsp3) is 0.778. The molecule has 0 aromatic carbocycles. The molecule has 2 aliphatic carbocycles. The van der Waals surface area contributed by atoms with Gasteiger partial charge in [-0.05, 0) is 37.5 Å². The van der Waals surface area contributed by atoms with Gasteiger partial charge in [0.25, 0.3) is 10.1 Å². The predicted octanol–water partition coefficient (Wildman–Crippen LogP) is 1.66. The van der Waals surface area contributed by atoms with E-state index in [4.69, 9.17) is 4.18 Å². The zero-order chi connectivity index (χ0) is 9.47. The maximum atomic E-state index is 11.1. The predicted molar refractivity (Wildman–Crippen MR) is 49.4 cm³/mol. The normalized spacial score (nSPS) is 38.0. The molecule has 0 amide bonds. The molecule has 3 atom stereocenters. The van der Waals surface area contributed by atoms with E-state index in [1.807, 2.05) is 0 Å². The molecule has 0 aromatic heterocycles. The molecule has 74 valence electrons. The molecular weight excluding hydrogens is 188 g/mol. The molecular formula is C9H14O3S. The molecule has 2 bridgehead atoms. The summed E-state index contributed by atoms with van der Waals surface area (Å²) in [6.07, 6.45) is 4.37. The molecule has 3 nitrogen and oxygen atoms in total. The van der Waals surface area contributed by atoms with Gasteiger partial charge < -0.3 is 0 Å². The third-order valence-corrected chi connectivity index (χ3v) is 4.06. The second kappa shape index (κ2) is 3.10. The van der Waals surface area contributed by atoms with Crippen LogP contribution in [0.15, 0.2) is 12.0 Å². The Bertz CT molecular complexity index is 307. The first-order valence-corrected chi connectivity index (χ1v) is 6.13. The lowest BCUT2D eigenvalue weighted by molar-refractivity contribution is 0.148. The van der Waals surface area contributed by atoms with E-state index in [9.17, 15) is 8.42 Å². The first-order valence-electron chi connectivity index (χ1n) is 4.66. The van der Waals surface area contributed by atoms with Crippen molar-refractivity contribution in [2.45, 2.75) is 31.8 Å². The Morgan fingerprint density at radius 2 is 2.08 bits per heavy atom. The van der Waals surface area contributed by atoms with Crippen LogP contribution >= 0.6 is 0 Å². The summed E-state index contributed by atoms with van der Waals surface area (Å²) < 4.78 is 27.2. The van der Waals surface area contributed by atoms with Gasteiger partial charge >= 0.3 is 0 Å². The highest BCUT2D eigenvalue weighted by atomic mass is 32.2. The maximum absolute atomic E-state index is 11.1. The van der Waals surface area contributed by atoms with Crippen molar-refractivity contribution in [2.24, 2.45) is 11.8 Å². The van der Waals surface area contributed by atoms with Crippen LogP contribution in [0.25, 0.3) is 0 Å². The van der Waals surface area contributed by atoms with Crippen LogP contribution in [0, 0.1) is 11.8 Å². The molecule has 0 aromatic rings. The van der Waals surface area contributed by atoms with Crippen LogP contribution < -0.4 is 0 Å². The molecule has 0 saturated heterocycles. The molecule has 2 aliphatic rings. The lowest BCUT2D eigenvalue weighted by Gasteiger charge is -2.20. The van der Waals surface area contributed by atoms with Crippen LogP contribution in [0.1, 0.15) is 25.7 Å². The molecule has 2 saturated carbocycles. The van der Waals surface area contributed by atoms with E-state index in [0.717, 1.165) is 24.7 Å². The minimum atomic E-state index is -3.46. The van der Waals surface area contributed by atoms with Gasteiger partial charge in [0.1, 0.15) is 0 Å². The van der Waals surface area contributed by atoms with E-state index in [1.165, 1.54) is 6.42 Å². The van der Waals surface area contributed by atoms with E-state index < -0.39 is 10.1 Å². The van der Waals surface area contributed by atoms with E-state index in [2.05, 4.69) is 6.58 Å². The van der Waals surface area contributed by atoms with Gasteiger partial charge in [-0.25, -0.2) is 0 Å². The van der Waals surface area contributed by atoms with E-state index in [0.29, 0.717) is 11.8 Å². The van der Waals surface area contributed by atoms with Gasteiger partial charge in [0.2, 0.25) is 0 Å². The molecule has 0 radical (unpaired) electrons. The second-order valence-electron chi connectivity index (χ2n) is 3.97. The fourth-order valence-corrected chi connectivity index (χ4v) is 3.17. The minimum absolute atomic E-state index is 0.0678. The van der Waals surface area contributed by atoms with Gasteiger partial charge in [-0.3, -0.25) is 4.18 Å². The van der Waals surface area contributed by atoms with Crippen LogP contribution in [-0.4, -0.2) is 14.5 Å². The Hall–Kier alpha value is -0.350. The summed E-state index contributed by atoms with van der Waals surface area (Å²) in [4.78, 5) is 0. The monoisotopic (exact) mass is 202 g/mol. The van der Waals surface area contributed by atoms with Gasteiger partial charge in [-0.15, -0.1) is 0 Å². The Morgan fingerprint density at radius 3 is 2.54 bits per heavy atom. The Labute approximate surface area is 78.9 Å². The Balaban J connectivity index is 2.01. The summed E-state index contributed by atoms with van der Waals surface area (Å²) in [6, 6.07) is 0. The number of fused-ring (bicyclic) bond motifs is 2. The summed E-state index contributed by atoms with van der Waals surface area (Å²) in [5, 5.41) is 0.888. The van der Waals surface area contributed by atoms with Gasteiger partial charge in [0.15, 0.2) is 0 Å². The molecule has 0 spiro atoms. The van der Waals surface area contributed by atoms with E-state index >= 15 is 0 Å². The van der Waals surface area contributed by atoms with Gasteiger partial charge in [0, 0.05) is 0 Å². The smallest absolute Gasteiger partial charge is 0.263 e. The van der Waals surface area contributed by atoms with Crippen LogP contribution in [0.2, 0.25) is 0 Å². The summed E-state index contributed by atoms with van der Waals surface area (Å²) in [5.74, 6) is 1.18. The van der Waals surface area contributed by atoms with Crippen LogP contribution in [-0.2, 0) is 14.3 Å². The summed E-state index contributed by atoms with van der Waals surface area (Å²) in [5.41, 5.74) is 0. The standard InChI is InChI=1S/C9H14O3S/c1-2-13(10,11)12-9-6-7-3-4-8(9)5-7/h2,7-9H,1,3-6H2. The van der Waals surface area contributed by atoms with Gasteiger partial charge in [0.05, 0.1) is 11.5 Å². The molecule has 2 fully saturated rings. The average Bonchev–Trinajstić information content (AvgIpc) is 2.64. The lowest BCUT2D eigenvalue weighted by Crippen LogP contribution is -2.22. The quantitative estimate of drug-likeness (QED) is 0.654. The topological polar surface area (TPSA) is 43.4 Å². The van der Waals surface area contributed by atoms with Crippen molar-refractivity contribution in [3.05, 3.63) is 12.0 Å². The highest BCUT2D eigenvalue weighted by Gasteiger charge is 2.41. The largest absolute Gasteiger partial charge is 0.289 e. The zero-order valence-electron chi connectivity index (χ0n) is 7.48. The molecule has 0 N–H and O–H groups in total. The zero-order valence-corrected chi connectivity index (χ0v) is 8.29. The number of hydrogen-bond acceptors (Lipinski definition) is 3. The Kier molecular flexibility index (Phi) is 2.20.